The molecule has 2 fully saturated rings. The fraction of sp³-hybridized carbons (Fsp3) is 0.952. The molecular weight excluding hydrogens is 677 g/mol. The summed E-state index contributed by atoms with van der Waals surface area (Å²) in [6, 6.07) is 0. The van der Waals surface area contributed by atoms with Crippen molar-refractivity contribution in [1.29, 1.82) is 0 Å². The number of hydrogen-bond acceptors (Lipinski definition) is 8. The second kappa shape index (κ2) is 27.7. The number of hydrogen-bond donors (Lipinski definition) is 1. The topological polar surface area (TPSA) is 114 Å². The van der Waals surface area contributed by atoms with Gasteiger partial charge in [-0.1, -0.05) is 136 Å². The van der Waals surface area contributed by atoms with Gasteiger partial charge in [-0.15, -0.1) is 0 Å². The quantitative estimate of drug-likeness (QED) is 0.0291. The second-order valence-corrected chi connectivity index (χ2v) is 18.7. The molecule has 10 heteroatoms. The van der Waals surface area contributed by atoms with Gasteiger partial charge in [0.2, 0.25) is 0 Å². The fourth-order valence-corrected chi connectivity index (χ4v) is 8.16. The van der Waals surface area contributed by atoms with E-state index in [9.17, 15) is 19.4 Å². The molecule has 1 unspecified atom stereocenters. The zero-order valence-electron chi connectivity index (χ0n) is 34.3. The summed E-state index contributed by atoms with van der Waals surface area (Å²) < 4.78 is 21.9. The first-order valence-corrected chi connectivity index (χ1v) is 23.2. The number of carbonyl (C=O) groups is 2. The predicted octanol–water partition coefficient (Wildman–Crippen LogP) is 9.89. The molecule has 0 spiro atoms. The monoisotopic (exact) mass is 759 g/mol. The normalized spacial score (nSPS) is 21.4. The summed E-state index contributed by atoms with van der Waals surface area (Å²) in [7, 11) is 1.50. The van der Waals surface area contributed by atoms with Crippen LogP contribution in [0.15, 0.2) is 0 Å². The highest BCUT2D eigenvalue weighted by Gasteiger charge is 2.44. The van der Waals surface area contributed by atoms with Crippen LogP contribution < -0.4 is 4.89 Å². The lowest BCUT2D eigenvalue weighted by molar-refractivity contribution is -0.870. The largest absolute Gasteiger partial charge is 0.606 e. The van der Waals surface area contributed by atoms with Crippen LogP contribution in [-0.4, -0.2) is 74.9 Å². The molecule has 2 rings (SSSR count). The predicted molar refractivity (Wildman–Crippen MR) is 210 cm³/mol. The number of phosphoric ester groups is 1. The Hall–Kier alpha value is -0.830. The number of unbranched alkanes of at least 4 members (excludes halogenated alkanes) is 16. The van der Waals surface area contributed by atoms with Crippen molar-refractivity contribution in [2.45, 2.75) is 187 Å². The third-order valence-corrected chi connectivity index (χ3v) is 12.0. The van der Waals surface area contributed by atoms with E-state index < -0.39 is 26.9 Å². The van der Waals surface area contributed by atoms with Crippen LogP contribution in [0.1, 0.15) is 181 Å². The van der Waals surface area contributed by atoms with E-state index >= 15 is 0 Å². The minimum Gasteiger partial charge on any atom is -0.606 e. The van der Waals surface area contributed by atoms with E-state index in [1.807, 2.05) is 21.1 Å². The van der Waals surface area contributed by atoms with Crippen LogP contribution in [0.4, 0.5) is 0 Å². The third-order valence-electron chi connectivity index (χ3n) is 11.0. The summed E-state index contributed by atoms with van der Waals surface area (Å²) in [5.41, 5.74) is 0. The average molecular weight is 759 g/mol. The minimum absolute atomic E-state index is 0.0385. The molecule has 2 aliphatic rings. The Kier molecular flexibility index (Phi) is 25.2. The molecule has 6 atom stereocenters. The number of esters is 2. The van der Waals surface area contributed by atoms with Gasteiger partial charge in [0.05, 0.1) is 21.1 Å². The smallest absolute Gasteiger partial charge is 0.377 e. The van der Waals surface area contributed by atoms with Gasteiger partial charge in [0, 0.05) is 12.8 Å². The van der Waals surface area contributed by atoms with Crippen molar-refractivity contribution in [3.8, 4) is 0 Å². The van der Waals surface area contributed by atoms with Gasteiger partial charge < -0.3 is 18.9 Å². The Morgan fingerprint density at radius 3 is 1.69 bits per heavy atom. The maximum atomic E-state index is 12.7. The highest BCUT2D eigenvalue weighted by atomic mass is 31.2. The number of phosphoric acid groups is 1. The zero-order chi connectivity index (χ0) is 38.1. The number of rotatable bonds is 36. The molecule has 2 saturated carbocycles. The van der Waals surface area contributed by atoms with Gasteiger partial charge >= 0.3 is 20.1 Å². The summed E-state index contributed by atoms with van der Waals surface area (Å²) in [6.07, 6.45) is 29.3. The zero-order valence-corrected chi connectivity index (χ0v) is 35.2. The lowest BCUT2D eigenvalue weighted by atomic mass is 10.0. The Balaban J connectivity index is 1.59. The van der Waals surface area contributed by atoms with E-state index in [-0.39, 0.29) is 25.6 Å². The number of ether oxygens (including phenoxy) is 2. The van der Waals surface area contributed by atoms with Crippen molar-refractivity contribution in [3.63, 3.8) is 0 Å². The van der Waals surface area contributed by atoms with Crippen LogP contribution in [0.2, 0.25) is 0 Å². The molecule has 9 nitrogen and oxygen atoms in total. The fourth-order valence-electron chi connectivity index (χ4n) is 7.42. The maximum Gasteiger partial charge on any atom is 0.377 e. The van der Waals surface area contributed by atoms with Crippen LogP contribution >= 0.6 is 8.17 Å². The number of quaternary nitrogens is 1. The van der Waals surface area contributed by atoms with Crippen LogP contribution in [0.25, 0.3) is 0 Å². The standard InChI is InChI=1S/C42H80NO8P/c1-6-8-9-10-11-12-13-14-15-16-17-20-24-28-42(45)51-40(35-50-52(46,47)49-30-29-43(3,4)5)34-48-41(44)27-23-21-18-19-22-26-37-32-39(37)33-38-31-36(38)25-7-2/h36-40H,6-35H2,1-5H3/p+1/t36-,37-,38-,39-,40+/m0/s1. The molecule has 0 amide bonds. The summed E-state index contributed by atoms with van der Waals surface area (Å²) >= 11 is 0. The molecule has 52 heavy (non-hydrogen) atoms. The van der Waals surface area contributed by atoms with Gasteiger partial charge in [-0.05, 0) is 55.8 Å². The molecule has 0 bridgehead atoms. The van der Waals surface area contributed by atoms with E-state index in [4.69, 9.17) is 18.5 Å². The molecule has 0 heterocycles. The summed E-state index contributed by atoms with van der Waals surface area (Å²) in [5.74, 6) is 3.26. The highest BCUT2D eigenvalue weighted by Crippen LogP contribution is 2.54. The van der Waals surface area contributed by atoms with Crippen molar-refractivity contribution in [2.75, 3.05) is 47.5 Å². The van der Waals surface area contributed by atoms with Gasteiger partial charge in [0.1, 0.15) is 26.4 Å². The van der Waals surface area contributed by atoms with E-state index in [0.29, 0.717) is 17.4 Å². The molecular formula is C42H81NO8P+. The summed E-state index contributed by atoms with van der Waals surface area (Å²) in [5, 5.41) is 0. The molecule has 1 N–H and O–H groups in total. The first kappa shape index (κ1) is 47.3. The van der Waals surface area contributed by atoms with Crippen molar-refractivity contribution < 1.29 is 42.4 Å². The van der Waals surface area contributed by atoms with Crippen LogP contribution in [0, 0.1) is 23.7 Å². The number of likely N-dealkylation sites (N-methyl/N-ethyl adjacent to an activating group) is 1. The van der Waals surface area contributed by atoms with Crippen LogP contribution in [0.5, 0.6) is 0 Å². The Labute approximate surface area is 319 Å². The van der Waals surface area contributed by atoms with Gasteiger partial charge in [0.25, 0.3) is 0 Å². The van der Waals surface area contributed by atoms with E-state index in [2.05, 4.69) is 13.8 Å². The molecule has 0 radical (unpaired) electrons. The summed E-state index contributed by atoms with van der Waals surface area (Å²) in [4.78, 5) is 47.9. The molecule has 0 saturated heterocycles. The molecule has 0 aliphatic heterocycles. The SMILES string of the molecule is CCCCCCCCCCCCCCCC(=O)O[C@H](COC(=O)CCCCCCC[C@H]1C[C@H]1C[C@@H]1C[C@@H]1CCC)CO[P+]([O-])(O)OCC[N+](C)(C)C. The Morgan fingerprint density at radius 2 is 1.15 bits per heavy atom. The second-order valence-electron chi connectivity index (χ2n) is 17.2. The first-order chi connectivity index (χ1) is 24.9. The lowest BCUT2D eigenvalue weighted by Gasteiger charge is -2.26. The number of nitrogens with zero attached hydrogens (tertiary/aromatic N) is 1. The van der Waals surface area contributed by atoms with Crippen molar-refractivity contribution >= 4 is 20.1 Å². The van der Waals surface area contributed by atoms with Gasteiger partial charge in [-0.3, -0.25) is 9.59 Å². The van der Waals surface area contributed by atoms with Crippen molar-refractivity contribution in [2.24, 2.45) is 23.7 Å². The highest BCUT2D eigenvalue weighted by molar-refractivity contribution is 7.52. The molecule has 2 aliphatic carbocycles. The third kappa shape index (κ3) is 26.1. The Morgan fingerprint density at radius 1 is 0.654 bits per heavy atom. The van der Waals surface area contributed by atoms with Crippen molar-refractivity contribution in [3.05, 3.63) is 0 Å². The van der Waals surface area contributed by atoms with E-state index in [0.717, 1.165) is 62.2 Å². The first-order valence-electron chi connectivity index (χ1n) is 21.7. The average Bonchev–Trinajstić information content (AvgIpc) is 4.01. The number of carbonyl (C=O) groups excluding carboxylic acids is 2. The lowest BCUT2D eigenvalue weighted by Crippen LogP contribution is -2.38. The van der Waals surface area contributed by atoms with Crippen molar-refractivity contribution in [1.82, 2.24) is 0 Å². The minimum atomic E-state index is -4.36. The molecule has 306 valence electrons. The summed E-state index contributed by atoms with van der Waals surface area (Å²) in [6.45, 7) is 4.50. The maximum absolute atomic E-state index is 12.7. The Bertz CT molecular complexity index is 928. The molecule has 0 aromatic heterocycles. The van der Waals surface area contributed by atoms with Crippen LogP contribution in [0.3, 0.4) is 0 Å². The van der Waals surface area contributed by atoms with E-state index in [1.54, 1.807) is 0 Å². The van der Waals surface area contributed by atoms with Gasteiger partial charge in [-0.2, -0.15) is 13.9 Å². The van der Waals surface area contributed by atoms with Gasteiger partial charge in [-0.25, -0.2) is 0 Å². The molecule has 0 aromatic rings. The van der Waals surface area contributed by atoms with Crippen LogP contribution in [-0.2, 0) is 28.1 Å². The molecule has 0 aromatic carbocycles. The van der Waals surface area contributed by atoms with E-state index in [1.165, 1.54) is 116 Å². The van der Waals surface area contributed by atoms with Gasteiger partial charge in [0.15, 0.2) is 6.10 Å².